The van der Waals surface area contributed by atoms with E-state index in [0.29, 0.717) is 12.2 Å². The molecule has 88 valence electrons. The van der Waals surface area contributed by atoms with E-state index in [1.54, 1.807) is 6.07 Å². The summed E-state index contributed by atoms with van der Waals surface area (Å²) in [4.78, 5) is 11.7. The van der Waals surface area contributed by atoms with Gasteiger partial charge in [-0.25, -0.2) is 0 Å². The molecule has 0 spiro atoms. The van der Waals surface area contributed by atoms with Crippen molar-refractivity contribution in [3.8, 4) is 0 Å². The van der Waals surface area contributed by atoms with E-state index in [1.807, 2.05) is 6.92 Å². The molecule has 0 aromatic carbocycles. The predicted molar refractivity (Wildman–Crippen MR) is 62.0 cm³/mol. The van der Waals surface area contributed by atoms with Gasteiger partial charge in [-0.3, -0.25) is 9.89 Å². The first-order chi connectivity index (χ1) is 7.57. The second-order valence-corrected chi connectivity index (χ2v) is 4.73. The van der Waals surface area contributed by atoms with Gasteiger partial charge in [-0.15, -0.1) is 0 Å². The van der Waals surface area contributed by atoms with Crippen LogP contribution in [-0.4, -0.2) is 21.6 Å². The molecule has 1 fully saturated rings. The number of anilines is 1. The number of carbonyl (C=O) groups excluding carboxylic acids is 1. The summed E-state index contributed by atoms with van der Waals surface area (Å²) in [5.41, 5.74) is 6.76. The molecule has 1 aliphatic carbocycles. The van der Waals surface area contributed by atoms with Crippen LogP contribution >= 0.6 is 0 Å². The maximum atomic E-state index is 11.7. The smallest absolute Gasteiger partial charge is 0.227 e. The first-order valence-corrected chi connectivity index (χ1v) is 5.68. The summed E-state index contributed by atoms with van der Waals surface area (Å²) in [5, 5.41) is 9.49. The Morgan fingerprint density at radius 2 is 2.31 bits per heavy atom. The van der Waals surface area contributed by atoms with Gasteiger partial charge in [0.2, 0.25) is 5.91 Å². The predicted octanol–water partition coefficient (Wildman–Crippen LogP) is 1.32. The summed E-state index contributed by atoms with van der Waals surface area (Å²) >= 11 is 0. The van der Waals surface area contributed by atoms with Gasteiger partial charge in [0.25, 0.3) is 0 Å². The molecular weight excluding hydrogens is 204 g/mol. The van der Waals surface area contributed by atoms with Crippen molar-refractivity contribution < 1.29 is 4.79 Å². The minimum Gasteiger partial charge on any atom is -0.325 e. The molecule has 1 heterocycles. The highest BCUT2D eigenvalue weighted by atomic mass is 16.1. The van der Waals surface area contributed by atoms with Crippen LogP contribution in [0.15, 0.2) is 6.07 Å². The largest absolute Gasteiger partial charge is 0.325 e. The van der Waals surface area contributed by atoms with E-state index in [4.69, 9.17) is 5.73 Å². The second-order valence-electron chi connectivity index (χ2n) is 4.73. The van der Waals surface area contributed by atoms with Gasteiger partial charge in [0.1, 0.15) is 0 Å². The molecule has 1 amide bonds. The van der Waals surface area contributed by atoms with E-state index in [-0.39, 0.29) is 11.4 Å². The standard InChI is InChI=1S/C11H18N4O/c1-8-6-9(15-14-8)13-10(16)7-11(12)4-2-3-5-11/h6H,2-5,7,12H2,1H3,(H2,13,14,15,16). The molecule has 1 aromatic heterocycles. The lowest BCUT2D eigenvalue weighted by Gasteiger charge is -2.22. The fourth-order valence-electron chi connectivity index (χ4n) is 2.24. The van der Waals surface area contributed by atoms with E-state index in [1.165, 1.54) is 0 Å². The molecule has 1 saturated carbocycles. The summed E-state index contributed by atoms with van der Waals surface area (Å²) in [6.07, 6.45) is 4.54. The van der Waals surface area contributed by atoms with Crippen molar-refractivity contribution in [3.63, 3.8) is 0 Å². The highest BCUT2D eigenvalue weighted by molar-refractivity contribution is 5.90. The van der Waals surface area contributed by atoms with Crippen molar-refractivity contribution in [2.24, 2.45) is 5.73 Å². The second kappa shape index (κ2) is 4.25. The van der Waals surface area contributed by atoms with E-state index >= 15 is 0 Å². The fourth-order valence-corrected chi connectivity index (χ4v) is 2.24. The summed E-state index contributed by atoms with van der Waals surface area (Å²) in [6.45, 7) is 1.89. The SMILES string of the molecule is Cc1cc(NC(=O)CC2(N)CCCC2)n[nH]1. The van der Waals surface area contributed by atoms with Crippen LogP contribution in [0.1, 0.15) is 37.8 Å². The number of nitrogens with zero attached hydrogens (tertiary/aromatic N) is 1. The maximum Gasteiger partial charge on any atom is 0.227 e. The van der Waals surface area contributed by atoms with Gasteiger partial charge >= 0.3 is 0 Å². The molecule has 1 aliphatic rings. The highest BCUT2D eigenvalue weighted by Crippen LogP contribution is 2.30. The third-order valence-electron chi connectivity index (χ3n) is 3.09. The van der Waals surface area contributed by atoms with Crippen molar-refractivity contribution in [3.05, 3.63) is 11.8 Å². The molecule has 0 aliphatic heterocycles. The molecule has 0 unspecified atom stereocenters. The lowest BCUT2D eigenvalue weighted by atomic mass is 9.94. The number of H-pyrrole nitrogens is 1. The molecule has 0 atom stereocenters. The van der Waals surface area contributed by atoms with Crippen molar-refractivity contribution in [2.45, 2.75) is 44.6 Å². The average molecular weight is 222 g/mol. The summed E-state index contributed by atoms with van der Waals surface area (Å²) in [5.74, 6) is 0.528. The van der Waals surface area contributed by atoms with Gasteiger partial charge < -0.3 is 11.1 Å². The van der Waals surface area contributed by atoms with Crippen LogP contribution in [0.5, 0.6) is 0 Å². The van der Waals surface area contributed by atoms with Crippen molar-refractivity contribution in [2.75, 3.05) is 5.32 Å². The number of carbonyl (C=O) groups is 1. The summed E-state index contributed by atoms with van der Waals surface area (Å²) < 4.78 is 0. The van der Waals surface area contributed by atoms with Gasteiger partial charge in [-0.1, -0.05) is 12.8 Å². The molecule has 0 bridgehead atoms. The van der Waals surface area contributed by atoms with Crippen LogP contribution < -0.4 is 11.1 Å². The minimum absolute atomic E-state index is 0.0455. The van der Waals surface area contributed by atoms with Crippen LogP contribution in [0.2, 0.25) is 0 Å². The van der Waals surface area contributed by atoms with E-state index in [9.17, 15) is 4.79 Å². The quantitative estimate of drug-likeness (QED) is 0.721. The number of aromatic nitrogens is 2. The lowest BCUT2D eigenvalue weighted by Crippen LogP contribution is -2.40. The molecule has 0 saturated heterocycles. The topological polar surface area (TPSA) is 83.8 Å². The zero-order valence-corrected chi connectivity index (χ0v) is 9.55. The van der Waals surface area contributed by atoms with Gasteiger partial charge in [0.15, 0.2) is 5.82 Å². The molecule has 16 heavy (non-hydrogen) atoms. The van der Waals surface area contributed by atoms with Gasteiger partial charge in [-0.05, 0) is 19.8 Å². The number of nitrogens with two attached hydrogens (primary N) is 1. The Kier molecular flexibility index (Phi) is 2.96. The molecule has 5 nitrogen and oxygen atoms in total. The number of aromatic amines is 1. The van der Waals surface area contributed by atoms with Crippen molar-refractivity contribution in [1.82, 2.24) is 10.2 Å². The Morgan fingerprint density at radius 1 is 1.62 bits per heavy atom. The maximum absolute atomic E-state index is 11.7. The van der Waals surface area contributed by atoms with Crippen LogP contribution in [0, 0.1) is 6.92 Å². The average Bonchev–Trinajstić information content (AvgIpc) is 2.75. The zero-order valence-electron chi connectivity index (χ0n) is 9.55. The van der Waals surface area contributed by atoms with Crippen LogP contribution in [-0.2, 0) is 4.79 Å². The lowest BCUT2D eigenvalue weighted by molar-refractivity contribution is -0.117. The third-order valence-corrected chi connectivity index (χ3v) is 3.09. The first kappa shape index (κ1) is 11.1. The fraction of sp³-hybridized carbons (Fsp3) is 0.636. The first-order valence-electron chi connectivity index (χ1n) is 5.68. The van der Waals surface area contributed by atoms with Crippen molar-refractivity contribution in [1.29, 1.82) is 0 Å². The Balaban J connectivity index is 1.89. The minimum atomic E-state index is -0.296. The van der Waals surface area contributed by atoms with E-state index in [0.717, 1.165) is 31.4 Å². The Hall–Kier alpha value is -1.36. The van der Waals surface area contributed by atoms with E-state index in [2.05, 4.69) is 15.5 Å². The Morgan fingerprint density at radius 3 is 2.88 bits per heavy atom. The number of amides is 1. The van der Waals surface area contributed by atoms with Gasteiger partial charge in [0, 0.05) is 23.7 Å². The molecule has 5 heteroatoms. The number of aryl methyl sites for hydroxylation is 1. The highest BCUT2D eigenvalue weighted by Gasteiger charge is 2.31. The number of hydrogen-bond donors (Lipinski definition) is 3. The van der Waals surface area contributed by atoms with Crippen LogP contribution in [0.4, 0.5) is 5.82 Å². The van der Waals surface area contributed by atoms with Crippen LogP contribution in [0.3, 0.4) is 0 Å². The van der Waals surface area contributed by atoms with Crippen LogP contribution in [0.25, 0.3) is 0 Å². The summed E-state index contributed by atoms with van der Waals surface area (Å²) in [6, 6.07) is 1.80. The van der Waals surface area contributed by atoms with E-state index < -0.39 is 0 Å². The Bertz CT molecular complexity index is 379. The van der Waals surface area contributed by atoms with Gasteiger partial charge in [0.05, 0.1) is 0 Å². The third kappa shape index (κ3) is 2.61. The van der Waals surface area contributed by atoms with Gasteiger partial charge in [-0.2, -0.15) is 5.10 Å². The molecule has 1 aromatic rings. The summed E-state index contributed by atoms with van der Waals surface area (Å²) in [7, 11) is 0. The normalized spacial score (nSPS) is 18.6. The molecule has 4 N–H and O–H groups in total. The molecule has 0 radical (unpaired) electrons. The zero-order chi connectivity index (χ0) is 11.6. The molecular formula is C11H18N4O. The monoisotopic (exact) mass is 222 g/mol. The Labute approximate surface area is 94.8 Å². The van der Waals surface area contributed by atoms with Crippen molar-refractivity contribution >= 4 is 11.7 Å². The molecule has 2 rings (SSSR count). The number of rotatable bonds is 3. The number of hydrogen-bond acceptors (Lipinski definition) is 3. The number of nitrogens with one attached hydrogen (secondary N) is 2.